The van der Waals surface area contributed by atoms with Crippen molar-refractivity contribution in [2.24, 2.45) is 0 Å². The molecule has 1 saturated heterocycles. The number of amides is 2. The number of hydrogen-bond acceptors (Lipinski definition) is 3. The Morgan fingerprint density at radius 2 is 1.91 bits per heavy atom. The van der Waals surface area contributed by atoms with E-state index in [1.165, 1.54) is 11.0 Å². The normalized spacial score (nSPS) is 16.4. The minimum atomic E-state index is -0.689. The quantitative estimate of drug-likeness (QED) is 0.839. The number of nitrogens with zero attached hydrogens (tertiary/aromatic N) is 2. The van der Waals surface area contributed by atoms with E-state index in [9.17, 15) is 9.59 Å². The molecule has 2 amide bonds. The third-order valence-electron chi connectivity index (χ3n) is 3.93. The van der Waals surface area contributed by atoms with Gasteiger partial charge in [-0.3, -0.25) is 9.59 Å². The minimum absolute atomic E-state index is 0.0927. The summed E-state index contributed by atoms with van der Waals surface area (Å²) < 4.78 is 0. The second-order valence-corrected chi connectivity index (χ2v) is 6.37. The average molecular weight is 344 g/mol. The van der Waals surface area contributed by atoms with Gasteiger partial charge in [0.05, 0.1) is 10.7 Å². The molecule has 0 bridgehead atoms. The number of hydrogen-bond donors (Lipinski definition) is 1. The summed E-state index contributed by atoms with van der Waals surface area (Å²) in [5, 5.41) is 3.31. The summed E-state index contributed by atoms with van der Waals surface area (Å²) in [6, 6.07) is 4.79. The lowest BCUT2D eigenvalue weighted by Gasteiger charge is -2.34. The number of carbonyl (C=O) groups excluding carboxylic acids is 2. The van der Waals surface area contributed by atoms with Crippen molar-refractivity contribution in [1.82, 2.24) is 9.80 Å². The largest absolute Gasteiger partial charge is 0.334 e. The van der Waals surface area contributed by atoms with Crippen LogP contribution in [0, 0.1) is 0 Å². The molecular weight excluding hydrogens is 325 g/mol. The zero-order chi connectivity index (χ0) is 16.3. The summed E-state index contributed by atoms with van der Waals surface area (Å²) in [5.41, 5.74) is 0.376. The lowest BCUT2D eigenvalue weighted by Crippen LogP contribution is -2.47. The second kappa shape index (κ2) is 7.31. The average Bonchev–Trinajstić information content (AvgIpc) is 2.49. The van der Waals surface area contributed by atoms with Gasteiger partial charge in [-0.25, -0.2) is 0 Å². The number of halogens is 2. The van der Waals surface area contributed by atoms with E-state index in [-0.39, 0.29) is 6.04 Å². The Morgan fingerprint density at radius 1 is 1.27 bits per heavy atom. The molecule has 1 heterocycles. The molecular formula is C15H19Cl2N3O2. The van der Waals surface area contributed by atoms with Crippen LogP contribution in [0.25, 0.3) is 0 Å². The van der Waals surface area contributed by atoms with E-state index in [0.717, 1.165) is 25.9 Å². The summed E-state index contributed by atoms with van der Waals surface area (Å²) >= 11 is 11.8. The molecule has 0 atom stereocenters. The lowest BCUT2D eigenvalue weighted by molar-refractivity contribution is -0.144. The third kappa shape index (κ3) is 4.12. The van der Waals surface area contributed by atoms with Crippen LogP contribution in [0.3, 0.4) is 0 Å². The molecule has 1 aromatic rings. The van der Waals surface area contributed by atoms with E-state index in [4.69, 9.17) is 23.2 Å². The fraction of sp³-hybridized carbons (Fsp3) is 0.467. The van der Waals surface area contributed by atoms with Crippen molar-refractivity contribution in [2.45, 2.75) is 18.9 Å². The third-order valence-corrected chi connectivity index (χ3v) is 4.48. The molecule has 0 aliphatic carbocycles. The Hall–Kier alpha value is -1.30. The van der Waals surface area contributed by atoms with Gasteiger partial charge in [0.1, 0.15) is 0 Å². The fourth-order valence-electron chi connectivity index (χ4n) is 2.47. The van der Waals surface area contributed by atoms with Crippen molar-refractivity contribution < 1.29 is 9.59 Å². The molecule has 1 aliphatic rings. The lowest BCUT2D eigenvalue weighted by atomic mass is 10.0. The number of anilines is 1. The SMILES string of the molecule is CN1CCC(N(C)C(=O)C(=O)Nc2ccc(Cl)cc2Cl)CC1. The van der Waals surface area contributed by atoms with Crippen LogP contribution >= 0.6 is 23.2 Å². The van der Waals surface area contributed by atoms with Crippen LogP contribution in [-0.2, 0) is 9.59 Å². The van der Waals surface area contributed by atoms with Crippen molar-refractivity contribution in [3.63, 3.8) is 0 Å². The summed E-state index contributed by atoms with van der Waals surface area (Å²) in [7, 11) is 3.72. The highest BCUT2D eigenvalue weighted by Crippen LogP contribution is 2.25. The van der Waals surface area contributed by atoms with E-state index in [2.05, 4.69) is 10.2 Å². The van der Waals surface area contributed by atoms with Crippen LogP contribution in [0.2, 0.25) is 10.0 Å². The number of likely N-dealkylation sites (tertiary alicyclic amines) is 1. The standard InChI is InChI=1S/C15H19Cl2N3O2/c1-19-7-5-11(6-8-19)20(2)15(22)14(21)18-13-4-3-10(16)9-12(13)17/h3-4,9,11H,5-8H2,1-2H3,(H,18,21). The Balaban J connectivity index is 1.98. The Bertz CT molecular complexity index is 572. The number of benzene rings is 1. The summed E-state index contributed by atoms with van der Waals surface area (Å²) in [5.74, 6) is -1.24. The van der Waals surface area contributed by atoms with Crippen LogP contribution in [0.4, 0.5) is 5.69 Å². The first-order valence-corrected chi connectivity index (χ1v) is 7.86. The van der Waals surface area contributed by atoms with Gasteiger partial charge in [0.15, 0.2) is 0 Å². The molecule has 0 aromatic heterocycles. The van der Waals surface area contributed by atoms with Crippen LogP contribution in [-0.4, -0.2) is 54.8 Å². The maximum absolute atomic E-state index is 12.2. The molecule has 5 nitrogen and oxygen atoms in total. The van der Waals surface area contributed by atoms with Crippen LogP contribution in [0.5, 0.6) is 0 Å². The molecule has 0 spiro atoms. The molecule has 1 fully saturated rings. The maximum Gasteiger partial charge on any atom is 0.313 e. The Labute approximate surface area is 140 Å². The molecule has 1 N–H and O–H groups in total. The number of piperidine rings is 1. The molecule has 0 radical (unpaired) electrons. The van der Waals surface area contributed by atoms with Crippen molar-refractivity contribution in [3.8, 4) is 0 Å². The van der Waals surface area contributed by atoms with Gasteiger partial charge in [0.25, 0.3) is 0 Å². The smallest absolute Gasteiger partial charge is 0.313 e. The Kier molecular flexibility index (Phi) is 5.67. The molecule has 2 rings (SSSR count). The first kappa shape index (κ1) is 17.1. The van der Waals surface area contributed by atoms with E-state index >= 15 is 0 Å². The topological polar surface area (TPSA) is 52.7 Å². The second-order valence-electron chi connectivity index (χ2n) is 5.53. The molecule has 120 valence electrons. The fourth-order valence-corrected chi connectivity index (χ4v) is 2.93. The molecule has 1 aromatic carbocycles. The van der Waals surface area contributed by atoms with Crippen LogP contribution < -0.4 is 5.32 Å². The van der Waals surface area contributed by atoms with Gasteiger partial charge in [-0.2, -0.15) is 0 Å². The van der Waals surface area contributed by atoms with E-state index in [1.807, 2.05) is 7.05 Å². The van der Waals surface area contributed by atoms with Gasteiger partial charge < -0.3 is 15.1 Å². The zero-order valence-electron chi connectivity index (χ0n) is 12.6. The van der Waals surface area contributed by atoms with Crippen LogP contribution in [0.1, 0.15) is 12.8 Å². The summed E-state index contributed by atoms with van der Waals surface area (Å²) in [4.78, 5) is 28.1. The first-order chi connectivity index (χ1) is 10.4. The predicted molar refractivity (Wildman–Crippen MR) is 88.4 cm³/mol. The zero-order valence-corrected chi connectivity index (χ0v) is 14.1. The van der Waals surface area contributed by atoms with Gasteiger partial charge >= 0.3 is 11.8 Å². The van der Waals surface area contributed by atoms with E-state index < -0.39 is 11.8 Å². The van der Waals surface area contributed by atoms with Crippen molar-refractivity contribution in [1.29, 1.82) is 0 Å². The van der Waals surface area contributed by atoms with Gasteiger partial charge in [-0.1, -0.05) is 23.2 Å². The predicted octanol–water partition coefficient (Wildman–Crippen LogP) is 2.48. The number of rotatable bonds is 2. The maximum atomic E-state index is 12.2. The highest BCUT2D eigenvalue weighted by molar-refractivity contribution is 6.42. The van der Waals surface area contributed by atoms with Gasteiger partial charge in [0.2, 0.25) is 0 Å². The highest BCUT2D eigenvalue weighted by atomic mass is 35.5. The van der Waals surface area contributed by atoms with E-state index in [0.29, 0.717) is 15.7 Å². The number of likely N-dealkylation sites (N-methyl/N-ethyl adjacent to an activating group) is 1. The van der Waals surface area contributed by atoms with Gasteiger partial charge in [0, 0.05) is 18.1 Å². The summed E-state index contributed by atoms with van der Waals surface area (Å²) in [6.45, 7) is 1.85. The number of nitrogens with one attached hydrogen (secondary N) is 1. The van der Waals surface area contributed by atoms with Crippen molar-refractivity contribution >= 4 is 40.7 Å². The first-order valence-electron chi connectivity index (χ1n) is 7.10. The van der Waals surface area contributed by atoms with Crippen LogP contribution in [0.15, 0.2) is 18.2 Å². The number of carbonyl (C=O) groups is 2. The summed E-state index contributed by atoms with van der Waals surface area (Å²) in [6.07, 6.45) is 1.74. The van der Waals surface area contributed by atoms with Crippen molar-refractivity contribution in [2.75, 3.05) is 32.5 Å². The molecule has 7 heteroatoms. The van der Waals surface area contributed by atoms with E-state index in [1.54, 1.807) is 19.2 Å². The highest BCUT2D eigenvalue weighted by Gasteiger charge is 2.28. The van der Waals surface area contributed by atoms with Gasteiger partial charge in [-0.15, -0.1) is 0 Å². The minimum Gasteiger partial charge on any atom is -0.334 e. The monoisotopic (exact) mass is 343 g/mol. The molecule has 22 heavy (non-hydrogen) atoms. The molecule has 1 aliphatic heterocycles. The molecule has 0 saturated carbocycles. The molecule has 0 unspecified atom stereocenters. The van der Waals surface area contributed by atoms with Gasteiger partial charge in [-0.05, 0) is 51.2 Å². The van der Waals surface area contributed by atoms with Crippen molar-refractivity contribution in [3.05, 3.63) is 28.2 Å². The Morgan fingerprint density at radius 3 is 2.50 bits per heavy atom.